The van der Waals surface area contributed by atoms with Crippen LogP contribution < -0.4 is 11.1 Å². The third-order valence-corrected chi connectivity index (χ3v) is 6.32. The molecule has 2 rings (SSSR count). The highest BCUT2D eigenvalue weighted by Crippen LogP contribution is 2.43. The molecule has 1 heterocycles. The summed E-state index contributed by atoms with van der Waals surface area (Å²) in [6.07, 6.45) is 3.03. The molecular weight excluding hydrogens is 370 g/mol. The molecule has 3 N–H and O–H groups in total. The molecule has 0 aromatic heterocycles. The number of rotatable bonds is 5. The minimum Gasteiger partial charge on any atom is -0.464 e. The molecule has 0 unspecified atom stereocenters. The molecule has 0 spiro atoms. The van der Waals surface area contributed by atoms with Crippen LogP contribution in [-0.2, 0) is 19.1 Å². The average Bonchev–Trinajstić information content (AvgIpc) is 3.17. The van der Waals surface area contributed by atoms with Gasteiger partial charge in [0.1, 0.15) is 12.1 Å². The first-order valence-electron chi connectivity index (χ1n) is 10.8. The number of carbonyl (C=O) groups is 3. The molecule has 7 nitrogen and oxygen atoms in total. The third-order valence-electron chi connectivity index (χ3n) is 6.32. The molecule has 2 amide bonds. The zero-order valence-electron chi connectivity index (χ0n) is 19.1. The van der Waals surface area contributed by atoms with Crippen molar-refractivity contribution in [1.82, 2.24) is 10.2 Å². The fourth-order valence-electron chi connectivity index (χ4n) is 4.50. The monoisotopic (exact) mass is 409 g/mol. The van der Waals surface area contributed by atoms with E-state index in [1.807, 2.05) is 41.5 Å². The summed E-state index contributed by atoms with van der Waals surface area (Å²) in [6.45, 7) is 14.0. The first-order chi connectivity index (χ1) is 13.3. The molecule has 0 aromatic carbocycles. The van der Waals surface area contributed by atoms with Crippen molar-refractivity contribution in [2.45, 2.75) is 85.9 Å². The fraction of sp³-hybridized carbons (Fsp3) is 0.864. The van der Waals surface area contributed by atoms with Crippen LogP contribution >= 0.6 is 0 Å². The number of nitrogens with two attached hydrogens (primary N) is 1. The second kappa shape index (κ2) is 8.62. The second-order valence-electron chi connectivity index (χ2n) is 10.7. The summed E-state index contributed by atoms with van der Waals surface area (Å²) in [5.41, 5.74) is 5.17. The molecule has 29 heavy (non-hydrogen) atoms. The van der Waals surface area contributed by atoms with E-state index in [-0.39, 0.29) is 30.3 Å². The predicted octanol–water partition coefficient (Wildman–Crippen LogP) is 2.08. The standard InChI is InChI=1S/C22H39N3O4/c1-8-29-20(28)15-14-11-9-10-13(14)12-25(15)19(27)17(22(5,6)7)24-18(26)16(23)21(2,3)4/h13-17H,8-12,23H2,1-7H3,(H,24,26)/t13-,14-,15-,16+,17+/m0/s1. The van der Waals surface area contributed by atoms with Crippen molar-refractivity contribution >= 4 is 17.8 Å². The lowest BCUT2D eigenvalue weighted by Gasteiger charge is -2.37. The molecule has 2 fully saturated rings. The quantitative estimate of drug-likeness (QED) is 0.677. The van der Waals surface area contributed by atoms with Crippen LogP contribution in [0.5, 0.6) is 0 Å². The number of fused-ring (bicyclic) bond motifs is 1. The minimum absolute atomic E-state index is 0.145. The SMILES string of the molecule is CCOC(=O)[C@@H]1[C@H]2CCC[C@H]2CN1C(=O)[C@@H](NC(=O)[C@@H](N)C(C)(C)C)C(C)(C)C. The van der Waals surface area contributed by atoms with Gasteiger partial charge >= 0.3 is 5.97 Å². The Morgan fingerprint density at radius 1 is 1.10 bits per heavy atom. The van der Waals surface area contributed by atoms with Gasteiger partial charge < -0.3 is 20.7 Å². The maximum Gasteiger partial charge on any atom is 0.329 e. The van der Waals surface area contributed by atoms with Crippen molar-refractivity contribution in [1.29, 1.82) is 0 Å². The highest BCUT2D eigenvalue weighted by molar-refractivity contribution is 5.93. The van der Waals surface area contributed by atoms with Gasteiger partial charge in [0.15, 0.2) is 0 Å². The van der Waals surface area contributed by atoms with E-state index in [4.69, 9.17) is 10.5 Å². The van der Waals surface area contributed by atoms with Gasteiger partial charge in [0.2, 0.25) is 11.8 Å². The van der Waals surface area contributed by atoms with Crippen molar-refractivity contribution in [2.75, 3.05) is 13.2 Å². The third kappa shape index (κ3) is 5.11. The van der Waals surface area contributed by atoms with E-state index in [1.54, 1.807) is 11.8 Å². The molecule has 166 valence electrons. The van der Waals surface area contributed by atoms with E-state index in [9.17, 15) is 14.4 Å². The molecule has 1 saturated carbocycles. The van der Waals surface area contributed by atoms with Crippen LogP contribution in [0.25, 0.3) is 0 Å². The molecule has 1 aliphatic heterocycles. The Balaban J connectivity index is 2.28. The van der Waals surface area contributed by atoms with E-state index in [0.717, 1.165) is 19.3 Å². The van der Waals surface area contributed by atoms with Gasteiger partial charge in [0.05, 0.1) is 12.6 Å². The summed E-state index contributed by atoms with van der Waals surface area (Å²) in [7, 11) is 0. The van der Waals surface area contributed by atoms with E-state index in [0.29, 0.717) is 12.5 Å². The normalized spacial score (nSPS) is 26.6. The first kappa shape index (κ1) is 23.6. The van der Waals surface area contributed by atoms with Crippen molar-refractivity contribution in [3.05, 3.63) is 0 Å². The zero-order valence-corrected chi connectivity index (χ0v) is 19.1. The smallest absolute Gasteiger partial charge is 0.329 e. The Kier molecular flexibility index (Phi) is 7.03. The van der Waals surface area contributed by atoms with Gasteiger partial charge in [-0.05, 0) is 42.4 Å². The van der Waals surface area contributed by atoms with Crippen molar-refractivity contribution in [3.8, 4) is 0 Å². The Labute approximate surface area is 175 Å². The summed E-state index contributed by atoms with van der Waals surface area (Å²) in [5, 5.41) is 2.89. The molecule has 1 aliphatic carbocycles. The predicted molar refractivity (Wildman–Crippen MR) is 112 cm³/mol. The maximum absolute atomic E-state index is 13.6. The lowest BCUT2D eigenvalue weighted by atomic mass is 9.83. The van der Waals surface area contributed by atoms with Crippen LogP contribution in [0.1, 0.15) is 67.7 Å². The van der Waals surface area contributed by atoms with Crippen LogP contribution in [0.3, 0.4) is 0 Å². The number of amides is 2. The van der Waals surface area contributed by atoms with Gasteiger partial charge in [0.25, 0.3) is 0 Å². The minimum atomic E-state index is -0.765. The van der Waals surface area contributed by atoms with Crippen LogP contribution in [0.15, 0.2) is 0 Å². The molecule has 0 radical (unpaired) electrons. The van der Waals surface area contributed by atoms with E-state index >= 15 is 0 Å². The molecule has 1 saturated heterocycles. The number of nitrogens with zero attached hydrogens (tertiary/aromatic N) is 1. The summed E-state index contributed by atoms with van der Waals surface area (Å²) >= 11 is 0. The van der Waals surface area contributed by atoms with Gasteiger partial charge in [-0.25, -0.2) is 4.79 Å². The molecule has 2 aliphatic rings. The van der Waals surface area contributed by atoms with Gasteiger partial charge in [0, 0.05) is 6.54 Å². The summed E-state index contributed by atoms with van der Waals surface area (Å²) in [6, 6.07) is -2.06. The van der Waals surface area contributed by atoms with Crippen molar-refractivity contribution < 1.29 is 19.1 Å². The Morgan fingerprint density at radius 3 is 2.24 bits per heavy atom. The van der Waals surface area contributed by atoms with E-state index in [2.05, 4.69) is 5.32 Å². The van der Waals surface area contributed by atoms with Gasteiger partial charge in [-0.15, -0.1) is 0 Å². The number of esters is 1. The summed E-state index contributed by atoms with van der Waals surface area (Å²) < 4.78 is 5.30. The number of hydrogen-bond acceptors (Lipinski definition) is 5. The summed E-state index contributed by atoms with van der Waals surface area (Å²) in [4.78, 5) is 40.8. The molecule has 0 aromatic rings. The highest BCUT2D eigenvalue weighted by atomic mass is 16.5. The van der Waals surface area contributed by atoms with Gasteiger partial charge in [-0.3, -0.25) is 9.59 Å². The molecule has 5 atom stereocenters. The van der Waals surface area contributed by atoms with Crippen LogP contribution in [0.2, 0.25) is 0 Å². The van der Waals surface area contributed by atoms with Crippen LogP contribution in [0.4, 0.5) is 0 Å². The second-order valence-corrected chi connectivity index (χ2v) is 10.7. The van der Waals surface area contributed by atoms with Crippen LogP contribution in [-0.4, -0.2) is 54.0 Å². The molecule has 7 heteroatoms. The first-order valence-corrected chi connectivity index (χ1v) is 10.8. The Bertz CT molecular complexity index is 635. The average molecular weight is 410 g/mol. The lowest BCUT2D eigenvalue weighted by Crippen LogP contribution is -2.61. The number of ether oxygens (including phenoxy) is 1. The number of nitrogens with one attached hydrogen (secondary N) is 1. The summed E-state index contributed by atoms with van der Waals surface area (Å²) in [5.74, 6) is -0.439. The highest BCUT2D eigenvalue weighted by Gasteiger charge is 2.52. The van der Waals surface area contributed by atoms with Gasteiger partial charge in [-0.1, -0.05) is 48.0 Å². The van der Waals surface area contributed by atoms with E-state index < -0.39 is 29.0 Å². The lowest BCUT2D eigenvalue weighted by molar-refractivity contribution is -0.156. The largest absolute Gasteiger partial charge is 0.464 e. The van der Waals surface area contributed by atoms with Crippen LogP contribution in [0, 0.1) is 22.7 Å². The molecule has 0 bridgehead atoms. The fourth-order valence-corrected chi connectivity index (χ4v) is 4.50. The number of hydrogen-bond donors (Lipinski definition) is 2. The zero-order chi connectivity index (χ0) is 22.1. The van der Waals surface area contributed by atoms with E-state index in [1.165, 1.54) is 0 Å². The number of likely N-dealkylation sites (tertiary alicyclic amines) is 1. The number of carbonyl (C=O) groups excluding carboxylic acids is 3. The van der Waals surface area contributed by atoms with Crippen molar-refractivity contribution in [2.24, 2.45) is 28.4 Å². The maximum atomic E-state index is 13.6. The van der Waals surface area contributed by atoms with Gasteiger partial charge in [-0.2, -0.15) is 0 Å². The topological polar surface area (TPSA) is 102 Å². The molecular formula is C22H39N3O4. The Morgan fingerprint density at radius 2 is 1.72 bits per heavy atom. The van der Waals surface area contributed by atoms with Crippen molar-refractivity contribution in [3.63, 3.8) is 0 Å². The Hall–Kier alpha value is -1.63.